The van der Waals surface area contributed by atoms with Crippen LogP contribution in [0.25, 0.3) is 11.1 Å². The standard InChI is InChI=1S/C20H22N2O2S/c1-4-14(3)21-19(23)16-9-6-8-15(11-16)12-25-20-22-18-13(2)7-5-10-17(18)24-20/h5-11,14H,4,12H2,1-3H3,(H,21,23)/t14-/m1/s1. The van der Waals surface area contributed by atoms with Crippen molar-refractivity contribution in [3.05, 3.63) is 59.2 Å². The van der Waals surface area contributed by atoms with Gasteiger partial charge in [-0.2, -0.15) is 0 Å². The van der Waals surface area contributed by atoms with Gasteiger partial charge in [0.15, 0.2) is 5.58 Å². The summed E-state index contributed by atoms with van der Waals surface area (Å²) < 4.78 is 5.79. The van der Waals surface area contributed by atoms with Crippen LogP contribution in [0.2, 0.25) is 0 Å². The zero-order valence-corrected chi connectivity index (χ0v) is 15.5. The lowest BCUT2D eigenvalue weighted by atomic mass is 10.1. The number of amides is 1. The first kappa shape index (κ1) is 17.5. The van der Waals surface area contributed by atoms with E-state index in [0.29, 0.717) is 16.5 Å². The van der Waals surface area contributed by atoms with E-state index in [1.165, 1.54) is 11.8 Å². The summed E-state index contributed by atoms with van der Waals surface area (Å²) in [6.45, 7) is 6.09. The Bertz CT molecular complexity index is 888. The number of aryl methyl sites for hydroxylation is 1. The van der Waals surface area contributed by atoms with Crippen molar-refractivity contribution in [3.8, 4) is 0 Å². The number of hydrogen-bond acceptors (Lipinski definition) is 4. The molecule has 0 spiro atoms. The quantitative estimate of drug-likeness (QED) is 0.636. The molecule has 0 fully saturated rings. The zero-order chi connectivity index (χ0) is 17.8. The molecule has 0 aliphatic heterocycles. The molecule has 1 aromatic heterocycles. The van der Waals surface area contributed by atoms with E-state index in [1.807, 2.05) is 56.3 Å². The second-order valence-corrected chi connectivity index (χ2v) is 7.10. The maximum atomic E-state index is 12.2. The minimum absolute atomic E-state index is 0.0290. The molecule has 0 bridgehead atoms. The number of oxazole rings is 1. The predicted octanol–water partition coefficient (Wildman–Crippen LogP) is 4.96. The van der Waals surface area contributed by atoms with Gasteiger partial charge < -0.3 is 9.73 Å². The van der Waals surface area contributed by atoms with Gasteiger partial charge in [0, 0.05) is 17.4 Å². The van der Waals surface area contributed by atoms with Gasteiger partial charge >= 0.3 is 0 Å². The van der Waals surface area contributed by atoms with Gasteiger partial charge in [-0.1, -0.05) is 43.0 Å². The van der Waals surface area contributed by atoms with E-state index in [4.69, 9.17) is 4.42 Å². The molecule has 25 heavy (non-hydrogen) atoms. The fourth-order valence-corrected chi connectivity index (χ4v) is 3.26. The van der Waals surface area contributed by atoms with E-state index in [2.05, 4.69) is 17.2 Å². The summed E-state index contributed by atoms with van der Waals surface area (Å²) >= 11 is 1.54. The van der Waals surface area contributed by atoms with E-state index in [-0.39, 0.29) is 11.9 Å². The summed E-state index contributed by atoms with van der Waals surface area (Å²) in [5.74, 6) is 0.676. The van der Waals surface area contributed by atoms with Crippen molar-refractivity contribution in [2.24, 2.45) is 0 Å². The Kier molecular flexibility index (Phi) is 5.43. The lowest BCUT2D eigenvalue weighted by molar-refractivity contribution is 0.0939. The lowest BCUT2D eigenvalue weighted by Gasteiger charge is -2.11. The van der Waals surface area contributed by atoms with Gasteiger partial charge in [0.25, 0.3) is 11.1 Å². The molecule has 1 atom stereocenters. The fraction of sp³-hybridized carbons (Fsp3) is 0.300. The molecule has 1 N–H and O–H groups in total. The molecular weight excluding hydrogens is 332 g/mol. The average molecular weight is 354 g/mol. The highest BCUT2D eigenvalue weighted by Gasteiger charge is 2.11. The molecule has 0 saturated heterocycles. The summed E-state index contributed by atoms with van der Waals surface area (Å²) in [5.41, 5.74) is 4.58. The first-order valence-corrected chi connectivity index (χ1v) is 9.44. The fourth-order valence-electron chi connectivity index (χ4n) is 2.48. The van der Waals surface area contributed by atoms with E-state index in [0.717, 1.165) is 28.6 Å². The normalized spacial score (nSPS) is 12.3. The van der Waals surface area contributed by atoms with Crippen LogP contribution in [0.3, 0.4) is 0 Å². The van der Waals surface area contributed by atoms with Crippen LogP contribution < -0.4 is 5.32 Å². The third-order valence-corrected chi connectivity index (χ3v) is 5.04. The van der Waals surface area contributed by atoms with Crippen LogP contribution in [0.15, 0.2) is 52.1 Å². The molecule has 0 aliphatic carbocycles. The first-order chi connectivity index (χ1) is 12.1. The number of thioether (sulfide) groups is 1. The van der Waals surface area contributed by atoms with Crippen LogP contribution in [0.5, 0.6) is 0 Å². The second-order valence-electron chi connectivity index (χ2n) is 6.17. The van der Waals surface area contributed by atoms with Gasteiger partial charge in [-0.05, 0) is 49.6 Å². The second kappa shape index (κ2) is 7.74. The number of benzene rings is 2. The maximum absolute atomic E-state index is 12.2. The third kappa shape index (κ3) is 4.23. The Morgan fingerprint density at radius 1 is 1.28 bits per heavy atom. The molecule has 2 aromatic carbocycles. The Morgan fingerprint density at radius 2 is 2.08 bits per heavy atom. The summed E-state index contributed by atoms with van der Waals surface area (Å²) in [6, 6.07) is 13.8. The molecule has 1 heterocycles. The van der Waals surface area contributed by atoms with Gasteiger partial charge in [-0.25, -0.2) is 4.98 Å². The van der Waals surface area contributed by atoms with Gasteiger partial charge in [0.05, 0.1) is 0 Å². The van der Waals surface area contributed by atoms with Crippen molar-refractivity contribution in [1.82, 2.24) is 10.3 Å². The number of nitrogens with one attached hydrogen (secondary N) is 1. The minimum Gasteiger partial charge on any atom is -0.431 e. The molecule has 3 rings (SSSR count). The third-order valence-electron chi connectivity index (χ3n) is 4.14. The van der Waals surface area contributed by atoms with Crippen molar-refractivity contribution < 1.29 is 9.21 Å². The predicted molar refractivity (Wildman–Crippen MR) is 102 cm³/mol. The van der Waals surface area contributed by atoms with Crippen molar-refractivity contribution in [1.29, 1.82) is 0 Å². The highest BCUT2D eigenvalue weighted by Crippen LogP contribution is 2.27. The molecule has 130 valence electrons. The number of hydrogen-bond donors (Lipinski definition) is 1. The summed E-state index contributed by atoms with van der Waals surface area (Å²) in [4.78, 5) is 16.8. The zero-order valence-electron chi connectivity index (χ0n) is 14.7. The number of aromatic nitrogens is 1. The molecule has 0 saturated carbocycles. The smallest absolute Gasteiger partial charge is 0.257 e. The number of carbonyl (C=O) groups is 1. The molecule has 5 heteroatoms. The molecule has 0 radical (unpaired) electrons. The van der Waals surface area contributed by atoms with Crippen molar-refractivity contribution in [2.75, 3.05) is 0 Å². The van der Waals surface area contributed by atoms with Crippen LogP contribution in [0.1, 0.15) is 41.8 Å². The van der Waals surface area contributed by atoms with Crippen LogP contribution in [-0.4, -0.2) is 16.9 Å². The highest BCUT2D eigenvalue weighted by atomic mass is 32.2. The van der Waals surface area contributed by atoms with Gasteiger partial charge in [0.1, 0.15) is 5.52 Å². The van der Waals surface area contributed by atoms with Gasteiger partial charge in [-0.15, -0.1) is 0 Å². The average Bonchev–Trinajstić information content (AvgIpc) is 3.04. The van der Waals surface area contributed by atoms with E-state index in [1.54, 1.807) is 0 Å². The summed E-state index contributed by atoms with van der Waals surface area (Å²) in [5, 5.41) is 3.65. The van der Waals surface area contributed by atoms with Crippen LogP contribution in [-0.2, 0) is 5.75 Å². The summed E-state index contributed by atoms with van der Waals surface area (Å²) in [6.07, 6.45) is 0.915. The molecule has 0 aliphatic rings. The van der Waals surface area contributed by atoms with Crippen LogP contribution >= 0.6 is 11.8 Å². The Morgan fingerprint density at radius 3 is 2.84 bits per heavy atom. The molecule has 3 aromatic rings. The van der Waals surface area contributed by atoms with Crippen LogP contribution in [0.4, 0.5) is 0 Å². The van der Waals surface area contributed by atoms with E-state index < -0.39 is 0 Å². The van der Waals surface area contributed by atoms with Crippen molar-refractivity contribution >= 4 is 28.8 Å². The van der Waals surface area contributed by atoms with E-state index >= 15 is 0 Å². The van der Waals surface area contributed by atoms with Gasteiger partial charge in [-0.3, -0.25) is 4.79 Å². The minimum atomic E-state index is -0.0290. The monoisotopic (exact) mass is 354 g/mol. The Balaban J connectivity index is 1.69. The van der Waals surface area contributed by atoms with E-state index in [9.17, 15) is 4.79 Å². The largest absolute Gasteiger partial charge is 0.431 e. The number of rotatable bonds is 6. The maximum Gasteiger partial charge on any atom is 0.257 e. The number of nitrogens with zero attached hydrogens (tertiary/aromatic N) is 1. The SMILES string of the molecule is CC[C@@H](C)NC(=O)c1cccc(CSc2nc3c(C)cccc3o2)c1. The Labute approximate surface area is 152 Å². The summed E-state index contributed by atoms with van der Waals surface area (Å²) in [7, 11) is 0. The molecular formula is C20H22N2O2S. The number of para-hydroxylation sites is 1. The van der Waals surface area contributed by atoms with Crippen LogP contribution in [0, 0.1) is 6.92 Å². The lowest BCUT2D eigenvalue weighted by Crippen LogP contribution is -2.31. The van der Waals surface area contributed by atoms with Gasteiger partial charge in [0.2, 0.25) is 0 Å². The molecule has 0 unspecified atom stereocenters. The topological polar surface area (TPSA) is 55.1 Å². The number of fused-ring (bicyclic) bond motifs is 1. The molecule has 1 amide bonds. The molecule has 4 nitrogen and oxygen atoms in total. The van der Waals surface area contributed by atoms with Crippen molar-refractivity contribution in [3.63, 3.8) is 0 Å². The van der Waals surface area contributed by atoms with Crippen molar-refractivity contribution in [2.45, 2.75) is 44.2 Å². The highest BCUT2D eigenvalue weighted by molar-refractivity contribution is 7.98. The Hall–Kier alpha value is -2.27. The first-order valence-electron chi connectivity index (χ1n) is 8.45. The number of carbonyl (C=O) groups excluding carboxylic acids is 1.